The van der Waals surface area contributed by atoms with Gasteiger partial charge in [0.2, 0.25) is 0 Å². The maximum Gasteiger partial charge on any atom is 0.323 e. The van der Waals surface area contributed by atoms with Crippen molar-refractivity contribution in [2.75, 3.05) is 11.9 Å². The molecule has 104 valence electrons. The van der Waals surface area contributed by atoms with Gasteiger partial charge in [-0.3, -0.25) is 4.79 Å². The molecule has 0 aliphatic rings. The average Bonchev–Trinajstić information content (AvgIpc) is 2.29. The SMILES string of the molecule is CC(C)N(CC(=O)O)C(=O)Nc1ccc(Cl)cc1F. The molecule has 2 amide bonds. The fourth-order valence-corrected chi connectivity index (χ4v) is 1.57. The molecule has 0 saturated carbocycles. The fourth-order valence-electron chi connectivity index (χ4n) is 1.41. The van der Waals surface area contributed by atoms with Gasteiger partial charge in [0.15, 0.2) is 0 Å². The molecule has 7 heteroatoms. The molecule has 0 aliphatic heterocycles. The number of amides is 2. The van der Waals surface area contributed by atoms with E-state index in [1.54, 1.807) is 13.8 Å². The van der Waals surface area contributed by atoms with Crippen molar-refractivity contribution in [1.82, 2.24) is 4.90 Å². The van der Waals surface area contributed by atoms with Gasteiger partial charge in [-0.05, 0) is 32.0 Å². The quantitative estimate of drug-likeness (QED) is 0.895. The first-order chi connectivity index (χ1) is 8.81. The second kappa shape index (κ2) is 6.38. The minimum absolute atomic E-state index is 0.0505. The third kappa shape index (κ3) is 4.40. The van der Waals surface area contributed by atoms with Crippen LogP contribution in [0.25, 0.3) is 0 Å². The first kappa shape index (κ1) is 15.2. The van der Waals surface area contributed by atoms with Gasteiger partial charge in [0.25, 0.3) is 0 Å². The van der Waals surface area contributed by atoms with E-state index in [1.807, 2.05) is 0 Å². The summed E-state index contributed by atoms with van der Waals surface area (Å²) in [5.41, 5.74) is -0.0505. The molecule has 0 radical (unpaired) electrons. The van der Waals surface area contributed by atoms with E-state index in [4.69, 9.17) is 16.7 Å². The number of urea groups is 1. The summed E-state index contributed by atoms with van der Waals surface area (Å²) in [6, 6.07) is 2.80. The van der Waals surface area contributed by atoms with Crippen LogP contribution in [0.4, 0.5) is 14.9 Å². The van der Waals surface area contributed by atoms with Crippen molar-refractivity contribution in [1.29, 1.82) is 0 Å². The molecule has 0 heterocycles. The molecule has 1 aromatic carbocycles. The predicted octanol–water partition coefficient (Wildman–Crippen LogP) is 2.81. The van der Waals surface area contributed by atoms with E-state index < -0.39 is 24.4 Å². The summed E-state index contributed by atoms with van der Waals surface area (Å²) in [5.74, 6) is -1.82. The van der Waals surface area contributed by atoms with Crippen LogP contribution < -0.4 is 5.32 Å². The van der Waals surface area contributed by atoms with Gasteiger partial charge < -0.3 is 15.3 Å². The molecule has 1 aromatic rings. The van der Waals surface area contributed by atoms with Crippen molar-refractivity contribution in [3.05, 3.63) is 29.0 Å². The Bertz CT molecular complexity index is 494. The Kier molecular flexibility index (Phi) is 5.11. The zero-order chi connectivity index (χ0) is 14.6. The third-order valence-corrected chi connectivity index (χ3v) is 2.60. The van der Waals surface area contributed by atoms with E-state index in [-0.39, 0.29) is 16.8 Å². The van der Waals surface area contributed by atoms with Crippen molar-refractivity contribution >= 4 is 29.3 Å². The topological polar surface area (TPSA) is 69.6 Å². The minimum atomic E-state index is -1.14. The molecule has 0 bridgehead atoms. The second-order valence-corrected chi connectivity index (χ2v) is 4.61. The molecular formula is C12H14ClFN2O3. The van der Waals surface area contributed by atoms with Crippen molar-refractivity contribution in [3.63, 3.8) is 0 Å². The fraction of sp³-hybridized carbons (Fsp3) is 0.333. The number of nitrogens with one attached hydrogen (secondary N) is 1. The number of aliphatic carboxylic acids is 1. The van der Waals surface area contributed by atoms with Gasteiger partial charge in [-0.2, -0.15) is 0 Å². The number of carboxylic acids is 1. The third-order valence-electron chi connectivity index (χ3n) is 2.36. The molecule has 1 rings (SSSR count). The largest absolute Gasteiger partial charge is 0.480 e. The number of benzene rings is 1. The molecule has 0 saturated heterocycles. The van der Waals surface area contributed by atoms with Crippen LogP contribution in [0.15, 0.2) is 18.2 Å². The number of carboxylic acid groups (broad SMARTS) is 1. The Morgan fingerprint density at radius 1 is 1.47 bits per heavy atom. The molecule has 5 nitrogen and oxygen atoms in total. The summed E-state index contributed by atoms with van der Waals surface area (Å²) in [5, 5.41) is 11.2. The van der Waals surface area contributed by atoms with E-state index in [0.29, 0.717) is 0 Å². The lowest BCUT2D eigenvalue weighted by Crippen LogP contribution is -2.43. The van der Waals surface area contributed by atoms with E-state index in [2.05, 4.69) is 5.32 Å². The summed E-state index contributed by atoms with van der Waals surface area (Å²) >= 11 is 5.59. The Labute approximate surface area is 115 Å². The van der Waals surface area contributed by atoms with Gasteiger partial charge in [0, 0.05) is 11.1 Å². The van der Waals surface area contributed by atoms with E-state index in [1.165, 1.54) is 12.1 Å². The Morgan fingerprint density at radius 3 is 2.58 bits per heavy atom. The maximum absolute atomic E-state index is 13.5. The van der Waals surface area contributed by atoms with Gasteiger partial charge >= 0.3 is 12.0 Å². The standard InChI is InChI=1S/C12H14ClFN2O3/c1-7(2)16(6-11(17)18)12(19)15-10-4-3-8(13)5-9(10)14/h3-5,7H,6H2,1-2H3,(H,15,19)(H,17,18). The van der Waals surface area contributed by atoms with Gasteiger partial charge in [-0.1, -0.05) is 11.6 Å². The summed E-state index contributed by atoms with van der Waals surface area (Å²) in [7, 11) is 0. The molecule has 0 atom stereocenters. The Hall–Kier alpha value is -1.82. The molecule has 0 spiro atoms. The molecule has 0 aromatic heterocycles. The maximum atomic E-state index is 13.5. The van der Waals surface area contributed by atoms with Crippen LogP contribution in [0.1, 0.15) is 13.8 Å². The van der Waals surface area contributed by atoms with Crippen LogP contribution >= 0.6 is 11.6 Å². The van der Waals surface area contributed by atoms with Gasteiger partial charge in [0.1, 0.15) is 12.4 Å². The number of anilines is 1. The molecule has 0 unspecified atom stereocenters. The number of rotatable bonds is 4. The lowest BCUT2D eigenvalue weighted by molar-refractivity contribution is -0.137. The summed E-state index contributed by atoms with van der Waals surface area (Å²) in [6.07, 6.45) is 0. The van der Waals surface area contributed by atoms with Gasteiger partial charge in [-0.15, -0.1) is 0 Å². The molecule has 0 aliphatic carbocycles. The van der Waals surface area contributed by atoms with E-state index in [9.17, 15) is 14.0 Å². The first-order valence-electron chi connectivity index (χ1n) is 5.55. The highest BCUT2D eigenvalue weighted by Crippen LogP contribution is 2.19. The van der Waals surface area contributed by atoms with Gasteiger partial charge in [-0.25, -0.2) is 9.18 Å². The zero-order valence-electron chi connectivity index (χ0n) is 10.5. The van der Waals surface area contributed by atoms with Crippen molar-refractivity contribution < 1.29 is 19.1 Å². The molecular weight excluding hydrogens is 275 g/mol. The van der Waals surface area contributed by atoms with Crippen molar-refractivity contribution in [3.8, 4) is 0 Å². The highest BCUT2D eigenvalue weighted by molar-refractivity contribution is 6.30. The van der Waals surface area contributed by atoms with Crippen LogP contribution in [0.5, 0.6) is 0 Å². The highest BCUT2D eigenvalue weighted by atomic mass is 35.5. The van der Waals surface area contributed by atoms with E-state index in [0.717, 1.165) is 11.0 Å². The molecule has 2 N–H and O–H groups in total. The van der Waals surface area contributed by atoms with Gasteiger partial charge in [0.05, 0.1) is 5.69 Å². The number of halogens is 2. The predicted molar refractivity (Wildman–Crippen MR) is 69.9 cm³/mol. The highest BCUT2D eigenvalue weighted by Gasteiger charge is 2.20. The minimum Gasteiger partial charge on any atom is -0.480 e. The average molecular weight is 289 g/mol. The number of hydrogen-bond acceptors (Lipinski definition) is 2. The Balaban J connectivity index is 2.84. The van der Waals surface area contributed by atoms with Crippen molar-refractivity contribution in [2.45, 2.75) is 19.9 Å². The number of hydrogen-bond donors (Lipinski definition) is 2. The van der Waals surface area contributed by atoms with Crippen LogP contribution in [-0.4, -0.2) is 34.6 Å². The Morgan fingerprint density at radius 2 is 2.11 bits per heavy atom. The molecule has 0 fully saturated rings. The first-order valence-corrected chi connectivity index (χ1v) is 5.93. The number of carbonyl (C=O) groups is 2. The summed E-state index contributed by atoms with van der Waals surface area (Å²) in [4.78, 5) is 23.6. The normalized spacial score (nSPS) is 10.4. The van der Waals surface area contributed by atoms with Crippen LogP contribution in [0, 0.1) is 5.82 Å². The van der Waals surface area contributed by atoms with Crippen LogP contribution in [0.2, 0.25) is 5.02 Å². The lowest BCUT2D eigenvalue weighted by atomic mass is 10.3. The van der Waals surface area contributed by atoms with E-state index >= 15 is 0 Å². The van der Waals surface area contributed by atoms with Crippen LogP contribution in [0.3, 0.4) is 0 Å². The zero-order valence-corrected chi connectivity index (χ0v) is 11.2. The second-order valence-electron chi connectivity index (χ2n) is 4.17. The van der Waals surface area contributed by atoms with Crippen molar-refractivity contribution in [2.24, 2.45) is 0 Å². The summed E-state index contributed by atoms with van der Waals surface area (Å²) in [6.45, 7) is 2.88. The van der Waals surface area contributed by atoms with Crippen LogP contribution in [-0.2, 0) is 4.79 Å². The summed E-state index contributed by atoms with van der Waals surface area (Å²) < 4.78 is 13.5. The smallest absolute Gasteiger partial charge is 0.323 e. The monoisotopic (exact) mass is 288 g/mol. The number of nitrogens with zero attached hydrogens (tertiary/aromatic N) is 1. The number of carbonyl (C=O) groups excluding carboxylic acids is 1. The lowest BCUT2D eigenvalue weighted by Gasteiger charge is -2.25. The molecule has 19 heavy (non-hydrogen) atoms.